The van der Waals surface area contributed by atoms with Gasteiger partial charge in [0.2, 0.25) is 0 Å². The maximum Gasteiger partial charge on any atom is 0.288 e. The highest BCUT2D eigenvalue weighted by Crippen LogP contribution is 2.29. The fourth-order valence-corrected chi connectivity index (χ4v) is 2.81. The Morgan fingerprint density at radius 3 is 2.40 bits per heavy atom. The molecule has 3 aromatic rings. The summed E-state index contributed by atoms with van der Waals surface area (Å²) in [5.41, 5.74) is 5.72. The number of nitrogens with zero attached hydrogens (tertiary/aromatic N) is 1. The van der Waals surface area contributed by atoms with E-state index in [0.29, 0.717) is 5.75 Å². The molecule has 0 unspecified atom stereocenters. The highest BCUT2D eigenvalue weighted by molar-refractivity contribution is 6.32. The predicted octanol–water partition coefficient (Wildman–Crippen LogP) is 3.76. The number of para-hydroxylation sites is 1. The Balaban J connectivity index is 1.58. The molecule has 152 valence electrons. The van der Waals surface area contributed by atoms with E-state index in [1.165, 1.54) is 12.1 Å². The van der Waals surface area contributed by atoms with Crippen LogP contribution < -0.4 is 15.6 Å². The molecule has 0 saturated heterocycles. The van der Waals surface area contributed by atoms with Crippen molar-refractivity contribution in [1.82, 2.24) is 10.9 Å². The molecule has 0 aliphatic heterocycles. The number of rotatable bonds is 6. The first kappa shape index (κ1) is 20.8. The first-order valence-corrected chi connectivity index (χ1v) is 9.14. The predicted molar refractivity (Wildman–Crippen MR) is 111 cm³/mol. The van der Waals surface area contributed by atoms with Gasteiger partial charge in [0.15, 0.2) is 6.61 Å². The average molecular weight is 426 g/mol. The first-order chi connectivity index (χ1) is 14.5. The van der Waals surface area contributed by atoms with Crippen LogP contribution in [0.15, 0.2) is 72.8 Å². The molecule has 9 heteroatoms. The molecule has 0 saturated carbocycles. The first-order valence-electron chi connectivity index (χ1n) is 8.76. The third-order valence-electron chi connectivity index (χ3n) is 4.05. The van der Waals surface area contributed by atoms with Gasteiger partial charge in [-0.2, -0.15) is 0 Å². The van der Waals surface area contributed by atoms with E-state index in [4.69, 9.17) is 16.3 Å². The van der Waals surface area contributed by atoms with Crippen molar-refractivity contribution in [3.05, 3.63) is 93.5 Å². The van der Waals surface area contributed by atoms with Crippen LogP contribution in [0.3, 0.4) is 0 Å². The second-order valence-electron chi connectivity index (χ2n) is 6.08. The van der Waals surface area contributed by atoms with E-state index in [0.717, 1.165) is 17.2 Å². The Bertz CT molecular complexity index is 1090. The number of hydrogen-bond donors (Lipinski definition) is 2. The number of ether oxygens (including phenoxy) is 1. The molecule has 0 radical (unpaired) electrons. The zero-order valence-electron chi connectivity index (χ0n) is 15.5. The summed E-state index contributed by atoms with van der Waals surface area (Å²) >= 11 is 5.72. The lowest BCUT2D eigenvalue weighted by molar-refractivity contribution is -0.384. The van der Waals surface area contributed by atoms with Gasteiger partial charge in [0, 0.05) is 17.2 Å². The van der Waals surface area contributed by atoms with Gasteiger partial charge in [-0.1, -0.05) is 60.1 Å². The third kappa shape index (κ3) is 5.12. The maximum absolute atomic E-state index is 12.1. The molecule has 0 aliphatic rings. The quantitative estimate of drug-likeness (QED) is 0.461. The molecule has 0 aromatic heterocycles. The van der Waals surface area contributed by atoms with E-state index in [-0.39, 0.29) is 17.2 Å². The smallest absolute Gasteiger partial charge is 0.288 e. The van der Waals surface area contributed by atoms with E-state index in [9.17, 15) is 19.7 Å². The summed E-state index contributed by atoms with van der Waals surface area (Å²) < 4.78 is 5.59. The van der Waals surface area contributed by atoms with Crippen LogP contribution >= 0.6 is 11.6 Å². The molecule has 0 spiro atoms. The fraction of sp³-hybridized carbons (Fsp3) is 0.0476. The van der Waals surface area contributed by atoms with Crippen molar-refractivity contribution >= 4 is 29.1 Å². The molecule has 8 nitrogen and oxygen atoms in total. The number of nitrogens with one attached hydrogen (secondary N) is 2. The summed E-state index contributed by atoms with van der Waals surface area (Å²) in [6.45, 7) is -0.342. The van der Waals surface area contributed by atoms with Gasteiger partial charge >= 0.3 is 0 Å². The Kier molecular flexibility index (Phi) is 6.61. The van der Waals surface area contributed by atoms with Crippen LogP contribution in [0, 0.1) is 10.1 Å². The van der Waals surface area contributed by atoms with Crippen molar-refractivity contribution < 1.29 is 19.2 Å². The molecule has 0 heterocycles. The van der Waals surface area contributed by atoms with Crippen LogP contribution in [-0.2, 0) is 4.79 Å². The van der Waals surface area contributed by atoms with Crippen LogP contribution in [-0.4, -0.2) is 23.3 Å². The monoisotopic (exact) mass is 425 g/mol. The fourth-order valence-electron chi connectivity index (χ4n) is 2.62. The van der Waals surface area contributed by atoms with Gasteiger partial charge in [-0.25, -0.2) is 0 Å². The summed E-state index contributed by atoms with van der Waals surface area (Å²) in [6, 6.07) is 20.4. The topological polar surface area (TPSA) is 111 Å². The maximum atomic E-state index is 12.1. The molecule has 3 rings (SSSR count). The number of carbonyl (C=O) groups excluding carboxylic acids is 2. The molecule has 2 amide bonds. The lowest BCUT2D eigenvalue weighted by atomic mass is 10.1. The van der Waals surface area contributed by atoms with Crippen LogP contribution in [0.2, 0.25) is 5.02 Å². The highest BCUT2D eigenvalue weighted by atomic mass is 35.5. The van der Waals surface area contributed by atoms with Gasteiger partial charge < -0.3 is 4.74 Å². The van der Waals surface area contributed by atoms with E-state index in [1.54, 1.807) is 12.1 Å². The average Bonchev–Trinajstić information content (AvgIpc) is 2.77. The number of hydrogen-bond acceptors (Lipinski definition) is 5. The zero-order chi connectivity index (χ0) is 21.5. The summed E-state index contributed by atoms with van der Waals surface area (Å²) in [5, 5.41) is 10.8. The molecular formula is C21H16ClN3O5. The van der Waals surface area contributed by atoms with Crippen molar-refractivity contribution in [2.45, 2.75) is 0 Å². The van der Waals surface area contributed by atoms with Gasteiger partial charge in [0.05, 0.1) is 4.92 Å². The van der Waals surface area contributed by atoms with Crippen molar-refractivity contribution in [2.24, 2.45) is 0 Å². The number of hydrazine groups is 1. The molecule has 0 bridgehead atoms. The lowest BCUT2D eigenvalue weighted by Crippen LogP contribution is -2.43. The largest absolute Gasteiger partial charge is 0.483 e. The molecule has 0 atom stereocenters. The van der Waals surface area contributed by atoms with Gasteiger partial charge in [0.1, 0.15) is 10.8 Å². The molecular weight excluding hydrogens is 410 g/mol. The number of amides is 2. The normalized spacial score (nSPS) is 10.2. The molecule has 30 heavy (non-hydrogen) atoms. The number of nitro groups is 1. The van der Waals surface area contributed by atoms with E-state index < -0.39 is 22.4 Å². The van der Waals surface area contributed by atoms with Crippen LogP contribution in [0.4, 0.5) is 5.69 Å². The van der Waals surface area contributed by atoms with Gasteiger partial charge in [0.25, 0.3) is 17.5 Å². The Morgan fingerprint density at radius 2 is 1.67 bits per heavy atom. The zero-order valence-corrected chi connectivity index (χ0v) is 16.3. The molecule has 0 aliphatic carbocycles. The summed E-state index contributed by atoms with van der Waals surface area (Å²) in [5.74, 6) is -0.819. The molecule has 2 N–H and O–H groups in total. The number of carbonyl (C=O) groups is 2. The lowest BCUT2D eigenvalue weighted by Gasteiger charge is -2.12. The second-order valence-corrected chi connectivity index (χ2v) is 6.48. The molecule has 0 fully saturated rings. The Morgan fingerprint density at radius 1 is 0.967 bits per heavy atom. The Labute approximate surface area is 176 Å². The Hall–Kier alpha value is -3.91. The number of nitro benzene ring substituents is 1. The minimum atomic E-state index is -0.729. The van der Waals surface area contributed by atoms with Crippen molar-refractivity contribution in [1.29, 1.82) is 0 Å². The number of halogens is 1. The SMILES string of the molecule is O=C(COc1ccccc1-c1ccccc1)NNC(=O)c1ccc(Cl)c([N+](=O)[O-])c1. The second kappa shape index (κ2) is 9.53. The van der Waals surface area contributed by atoms with Crippen LogP contribution in [0.25, 0.3) is 11.1 Å². The van der Waals surface area contributed by atoms with Crippen molar-refractivity contribution in [3.8, 4) is 16.9 Å². The molecule has 3 aromatic carbocycles. The third-order valence-corrected chi connectivity index (χ3v) is 4.37. The summed E-state index contributed by atoms with van der Waals surface area (Å²) in [4.78, 5) is 34.4. The van der Waals surface area contributed by atoms with Gasteiger partial charge in [-0.15, -0.1) is 0 Å². The standard InChI is InChI=1S/C21H16ClN3O5/c22-17-11-10-15(12-18(17)25(28)29)21(27)24-23-20(26)13-30-19-9-5-4-8-16(19)14-6-2-1-3-7-14/h1-12H,13H2,(H,23,26)(H,24,27). The van der Waals surface area contributed by atoms with Crippen molar-refractivity contribution in [2.75, 3.05) is 6.61 Å². The minimum absolute atomic E-state index is 0.0262. The van der Waals surface area contributed by atoms with Gasteiger partial charge in [-0.3, -0.25) is 30.6 Å². The van der Waals surface area contributed by atoms with Crippen LogP contribution in [0.1, 0.15) is 10.4 Å². The van der Waals surface area contributed by atoms with Crippen LogP contribution in [0.5, 0.6) is 5.75 Å². The summed E-state index contributed by atoms with van der Waals surface area (Å²) in [7, 11) is 0. The highest BCUT2D eigenvalue weighted by Gasteiger charge is 2.17. The van der Waals surface area contributed by atoms with Crippen molar-refractivity contribution in [3.63, 3.8) is 0 Å². The minimum Gasteiger partial charge on any atom is -0.483 e. The van der Waals surface area contributed by atoms with E-state index in [2.05, 4.69) is 10.9 Å². The summed E-state index contributed by atoms with van der Waals surface area (Å²) in [6.07, 6.45) is 0. The van der Waals surface area contributed by atoms with E-state index in [1.807, 2.05) is 42.5 Å². The number of benzene rings is 3. The van der Waals surface area contributed by atoms with Gasteiger partial charge in [-0.05, 0) is 23.8 Å². The van der Waals surface area contributed by atoms with E-state index >= 15 is 0 Å².